The van der Waals surface area contributed by atoms with Crippen molar-refractivity contribution >= 4 is 51.0 Å². The molecule has 3 fully saturated rings. The molecule has 41 heavy (non-hydrogen) atoms. The molecule has 3 heterocycles. The summed E-state index contributed by atoms with van der Waals surface area (Å²) in [5, 5.41) is 9.69. The number of rotatable bonds is 15. The Bertz CT molecular complexity index is 1140. The van der Waals surface area contributed by atoms with Crippen LogP contribution in [0.25, 0.3) is 0 Å². The first-order chi connectivity index (χ1) is 19.7. The number of likely N-dealkylation sites (tertiary alicyclic amines) is 1. The van der Waals surface area contributed by atoms with Crippen molar-refractivity contribution in [3.8, 4) is 0 Å². The van der Waals surface area contributed by atoms with Crippen LogP contribution >= 0.6 is 27.5 Å². The number of aliphatic hydroxyl groups is 1. The normalized spacial score (nSPS) is 28.0. The molecule has 10 heteroatoms. The van der Waals surface area contributed by atoms with E-state index in [1.54, 1.807) is 21.9 Å². The van der Waals surface area contributed by atoms with Gasteiger partial charge in [-0.2, -0.15) is 0 Å². The summed E-state index contributed by atoms with van der Waals surface area (Å²) in [4.78, 5) is 45.2. The zero-order valence-electron chi connectivity index (χ0n) is 23.6. The summed E-state index contributed by atoms with van der Waals surface area (Å²) in [5.41, 5.74) is 0.184. The van der Waals surface area contributed by atoms with Gasteiger partial charge in [0.1, 0.15) is 11.6 Å². The van der Waals surface area contributed by atoms with E-state index < -0.39 is 35.6 Å². The second-order valence-corrected chi connectivity index (χ2v) is 12.7. The summed E-state index contributed by atoms with van der Waals surface area (Å²) in [6, 6.07) is 4.48. The number of hydrogen-bond acceptors (Lipinski definition) is 6. The molecule has 3 aliphatic rings. The maximum absolute atomic E-state index is 14.6. The molecule has 1 spiro atoms. The Morgan fingerprint density at radius 1 is 1.24 bits per heavy atom. The Kier molecular flexibility index (Phi) is 10.7. The standard InChI is InChI=1S/C31H40BrClN2O6/c1-4-6-7-11-18-40-30(39)23-24-28(37)35(16-9-8-10-17-36)27(31(24)19-21(32)26(23)41-31)29(38)34(15-5-2)25-20(3)13-12-14-22(25)33/h4-5,12-14,21,23-24,26-27,36H,1-2,6-11,15-19H2,3H3/t21?,23-,24+,26-,27?,31?/m1/s1. The van der Waals surface area contributed by atoms with Crippen molar-refractivity contribution < 1.29 is 29.0 Å². The van der Waals surface area contributed by atoms with Gasteiger partial charge in [-0.1, -0.05) is 51.8 Å². The Balaban J connectivity index is 1.70. The lowest BCUT2D eigenvalue weighted by Gasteiger charge is -2.37. The van der Waals surface area contributed by atoms with E-state index in [2.05, 4.69) is 29.1 Å². The summed E-state index contributed by atoms with van der Waals surface area (Å²) < 4.78 is 12.3. The van der Waals surface area contributed by atoms with E-state index in [1.807, 2.05) is 25.1 Å². The van der Waals surface area contributed by atoms with E-state index in [4.69, 9.17) is 21.1 Å². The summed E-state index contributed by atoms with van der Waals surface area (Å²) in [6.45, 7) is 10.3. The van der Waals surface area contributed by atoms with Gasteiger partial charge in [-0.3, -0.25) is 14.4 Å². The number of hydrogen-bond donors (Lipinski definition) is 1. The van der Waals surface area contributed by atoms with Crippen LogP contribution < -0.4 is 4.90 Å². The highest BCUT2D eigenvalue weighted by Gasteiger charge is 2.77. The number of aryl methyl sites for hydroxylation is 1. The molecule has 6 atom stereocenters. The van der Waals surface area contributed by atoms with E-state index in [-0.39, 0.29) is 36.4 Å². The third kappa shape index (κ3) is 6.01. The maximum Gasteiger partial charge on any atom is 0.312 e. The van der Waals surface area contributed by atoms with E-state index in [9.17, 15) is 19.5 Å². The van der Waals surface area contributed by atoms with Crippen molar-refractivity contribution in [2.75, 3.05) is 31.2 Å². The average Bonchev–Trinajstić information content (AvgIpc) is 3.53. The van der Waals surface area contributed by atoms with Crippen LogP contribution in [0.2, 0.25) is 5.02 Å². The predicted octanol–water partition coefficient (Wildman–Crippen LogP) is 4.98. The third-order valence-electron chi connectivity index (χ3n) is 8.44. The van der Waals surface area contributed by atoms with Crippen LogP contribution in [-0.2, 0) is 23.9 Å². The van der Waals surface area contributed by atoms with Crippen molar-refractivity contribution in [3.63, 3.8) is 0 Å². The molecule has 3 aliphatic heterocycles. The number of halogens is 2. The van der Waals surface area contributed by atoms with Crippen LogP contribution in [-0.4, -0.2) is 76.7 Å². The van der Waals surface area contributed by atoms with Crippen LogP contribution in [0.1, 0.15) is 50.5 Å². The number of ether oxygens (including phenoxy) is 2. The predicted molar refractivity (Wildman–Crippen MR) is 162 cm³/mol. The molecule has 1 aromatic rings. The number of allylic oxidation sites excluding steroid dienone is 1. The van der Waals surface area contributed by atoms with E-state index >= 15 is 0 Å². The number of aliphatic hydroxyl groups excluding tert-OH is 1. The zero-order valence-corrected chi connectivity index (χ0v) is 25.9. The Morgan fingerprint density at radius 2 is 2.02 bits per heavy atom. The highest BCUT2D eigenvalue weighted by atomic mass is 79.9. The van der Waals surface area contributed by atoms with Gasteiger partial charge in [0, 0.05) is 24.5 Å². The Hall–Kier alpha value is -2.20. The van der Waals surface area contributed by atoms with Crippen molar-refractivity contribution in [2.24, 2.45) is 11.8 Å². The topological polar surface area (TPSA) is 96.4 Å². The van der Waals surface area contributed by atoms with Crippen LogP contribution in [0.3, 0.4) is 0 Å². The first kappa shape index (κ1) is 31.7. The minimum Gasteiger partial charge on any atom is -0.465 e. The Labute approximate surface area is 255 Å². The fraction of sp³-hybridized carbons (Fsp3) is 0.581. The van der Waals surface area contributed by atoms with Gasteiger partial charge in [-0.15, -0.1) is 13.2 Å². The average molecular weight is 652 g/mol. The molecule has 8 nitrogen and oxygen atoms in total. The largest absolute Gasteiger partial charge is 0.465 e. The van der Waals surface area contributed by atoms with Crippen molar-refractivity contribution in [3.05, 3.63) is 54.1 Å². The van der Waals surface area contributed by atoms with Crippen LogP contribution in [0, 0.1) is 18.8 Å². The number of alkyl halides is 1. The van der Waals surface area contributed by atoms with Gasteiger partial charge < -0.3 is 24.4 Å². The van der Waals surface area contributed by atoms with Crippen molar-refractivity contribution in [2.45, 2.75) is 74.4 Å². The molecule has 0 radical (unpaired) electrons. The molecular weight excluding hydrogens is 612 g/mol. The second kappa shape index (κ2) is 13.8. The molecule has 3 unspecified atom stereocenters. The SMILES string of the molecule is C=CCCCCOC(=O)[C@H]1[C@@H]2OC3(CC2Br)C(C(=O)N(CC=C)c2c(C)cccc2Cl)N(CCCCCO)C(=O)[C@H]13. The molecule has 1 aromatic carbocycles. The summed E-state index contributed by atoms with van der Waals surface area (Å²) in [7, 11) is 0. The summed E-state index contributed by atoms with van der Waals surface area (Å²) in [5.74, 6) is -2.69. The number of unbranched alkanes of at least 4 members (excludes halogenated alkanes) is 4. The molecule has 224 valence electrons. The van der Waals surface area contributed by atoms with Crippen LogP contribution in [0.5, 0.6) is 0 Å². The number of amides is 2. The molecule has 0 saturated carbocycles. The smallest absolute Gasteiger partial charge is 0.312 e. The molecule has 3 saturated heterocycles. The van der Waals surface area contributed by atoms with E-state index in [0.29, 0.717) is 49.4 Å². The minimum atomic E-state index is -1.19. The van der Waals surface area contributed by atoms with Gasteiger partial charge >= 0.3 is 5.97 Å². The number of carbonyl (C=O) groups excluding carboxylic acids is 3. The highest BCUT2D eigenvalue weighted by Crippen LogP contribution is 2.60. The van der Waals surface area contributed by atoms with Gasteiger partial charge in [0.25, 0.3) is 5.91 Å². The number of para-hydroxylation sites is 1. The lowest BCUT2D eigenvalue weighted by Crippen LogP contribution is -2.57. The summed E-state index contributed by atoms with van der Waals surface area (Å²) in [6.07, 6.45) is 7.57. The monoisotopic (exact) mass is 650 g/mol. The summed E-state index contributed by atoms with van der Waals surface area (Å²) >= 11 is 10.3. The molecule has 2 amide bonds. The number of anilines is 1. The van der Waals surface area contributed by atoms with Gasteiger partial charge in [-0.25, -0.2) is 0 Å². The minimum absolute atomic E-state index is 0.0541. The van der Waals surface area contributed by atoms with Gasteiger partial charge in [-0.05, 0) is 63.5 Å². The third-order valence-corrected chi connectivity index (χ3v) is 9.59. The lowest BCUT2D eigenvalue weighted by atomic mass is 9.70. The highest BCUT2D eigenvalue weighted by molar-refractivity contribution is 9.09. The van der Waals surface area contributed by atoms with Gasteiger partial charge in [0.15, 0.2) is 0 Å². The molecule has 0 aromatic heterocycles. The van der Waals surface area contributed by atoms with Gasteiger partial charge in [0.2, 0.25) is 5.91 Å². The fourth-order valence-electron chi connectivity index (χ4n) is 6.68. The zero-order chi connectivity index (χ0) is 29.7. The number of carbonyl (C=O) groups is 3. The number of benzene rings is 1. The number of fused-ring (bicyclic) bond motifs is 1. The molecule has 2 bridgehead atoms. The molecule has 1 N–H and O–H groups in total. The number of esters is 1. The maximum atomic E-state index is 14.6. The number of nitrogens with zero attached hydrogens (tertiary/aromatic N) is 2. The fourth-order valence-corrected chi connectivity index (χ4v) is 7.95. The molecule has 4 rings (SSSR count). The molecular formula is C31H40BrClN2O6. The van der Waals surface area contributed by atoms with Crippen molar-refractivity contribution in [1.29, 1.82) is 0 Å². The first-order valence-electron chi connectivity index (χ1n) is 14.4. The lowest BCUT2D eigenvalue weighted by molar-refractivity contribution is -0.155. The first-order valence-corrected chi connectivity index (χ1v) is 15.7. The van der Waals surface area contributed by atoms with Crippen LogP contribution in [0.4, 0.5) is 5.69 Å². The van der Waals surface area contributed by atoms with E-state index in [1.165, 1.54) is 0 Å². The van der Waals surface area contributed by atoms with Crippen LogP contribution in [0.15, 0.2) is 43.5 Å². The second-order valence-electron chi connectivity index (χ2n) is 11.1. The molecule has 0 aliphatic carbocycles. The Morgan fingerprint density at radius 3 is 2.71 bits per heavy atom. The van der Waals surface area contributed by atoms with Gasteiger partial charge in [0.05, 0.1) is 35.3 Å². The van der Waals surface area contributed by atoms with Crippen molar-refractivity contribution in [1.82, 2.24) is 4.90 Å². The quantitative estimate of drug-likeness (QED) is 0.124. The van der Waals surface area contributed by atoms with E-state index in [0.717, 1.165) is 18.4 Å².